The molecule has 0 amide bonds. The second-order valence-corrected chi connectivity index (χ2v) is 6.78. The van der Waals surface area contributed by atoms with Gasteiger partial charge in [-0.2, -0.15) is 0 Å². The fourth-order valence-corrected chi connectivity index (χ4v) is 3.68. The van der Waals surface area contributed by atoms with E-state index in [9.17, 15) is 4.79 Å². The molecule has 0 N–H and O–H groups in total. The number of carbonyl (C=O) groups excluding carboxylic acids is 1. The van der Waals surface area contributed by atoms with Crippen LogP contribution < -0.4 is 4.80 Å². The van der Waals surface area contributed by atoms with Crippen LogP contribution in [0.2, 0.25) is 0 Å². The number of ether oxygens (including phenoxy) is 1. The molecule has 5 heteroatoms. The van der Waals surface area contributed by atoms with Gasteiger partial charge in [-0.05, 0) is 43.7 Å². The first-order valence-corrected chi connectivity index (χ1v) is 8.95. The van der Waals surface area contributed by atoms with Crippen LogP contribution in [-0.4, -0.2) is 17.1 Å². The molecular weight excluding hydrogens is 332 g/mol. The smallest absolute Gasteiger partial charge is 0.338 e. The third-order valence-corrected chi connectivity index (χ3v) is 4.90. The Hall–Kier alpha value is -2.66. The fraction of sp³-hybridized carbons (Fsp3) is 0.200. The zero-order valence-electron chi connectivity index (χ0n) is 14.5. The summed E-state index contributed by atoms with van der Waals surface area (Å²) in [4.78, 5) is 18.6. The average molecular weight is 352 g/mol. The SMILES string of the molecule is CCOC(=O)c1ccc(N=c2sc(C)c(-c3ccccc3)n2C)cc1. The Bertz CT molecular complexity index is 938. The van der Waals surface area contributed by atoms with E-state index in [4.69, 9.17) is 9.73 Å². The van der Waals surface area contributed by atoms with E-state index in [-0.39, 0.29) is 5.97 Å². The normalized spacial score (nSPS) is 11.6. The van der Waals surface area contributed by atoms with Crippen molar-refractivity contribution in [1.29, 1.82) is 0 Å². The molecule has 128 valence electrons. The monoisotopic (exact) mass is 352 g/mol. The number of aromatic nitrogens is 1. The Morgan fingerprint density at radius 2 is 1.80 bits per heavy atom. The van der Waals surface area contributed by atoms with Gasteiger partial charge in [0.2, 0.25) is 0 Å². The summed E-state index contributed by atoms with van der Waals surface area (Å²) in [6, 6.07) is 17.5. The fourth-order valence-electron chi connectivity index (χ4n) is 2.67. The Kier molecular flexibility index (Phi) is 5.14. The van der Waals surface area contributed by atoms with Crippen LogP contribution in [0.5, 0.6) is 0 Å². The lowest BCUT2D eigenvalue weighted by atomic mass is 10.1. The molecule has 0 spiro atoms. The van der Waals surface area contributed by atoms with Crippen molar-refractivity contribution in [3.05, 3.63) is 69.8 Å². The number of nitrogens with zero attached hydrogens (tertiary/aromatic N) is 2. The summed E-state index contributed by atoms with van der Waals surface area (Å²) in [6.07, 6.45) is 0. The highest BCUT2D eigenvalue weighted by molar-refractivity contribution is 7.09. The summed E-state index contributed by atoms with van der Waals surface area (Å²) in [7, 11) is 2.03. The van der Waals surface area contributed by atoms with Crippen LogP contribution in [0.25, 0.3) is 11.3 Å². The van der Waals surface area contributed by atoms with Crippen molar-refractivity contribution in [3.63, 3.8) is 0 Å². The van der Waals surface area contributed by atoms with Crippen molar-refractivity contribution in [2.45, 2.75) is 13.8 Å². The lowest BCUT2D eigenvalue weighted by molar-refractivity contribution is 0.0526. The predicted molar refractivity (Wildman–Crippen MR) is 101 cm³/mol. The van der Waals surface area contributed by atoms with E-state index < -0.39 is 0 Å². The Morgan fingerprint density at radius 3 is 2.44 bits per heavy atom. The zero-order valence-corrected chi connectivity index (χ0v) is 15.3. The molecule has 1 heterocycles. The zero-order chi connectivity index (χ0) is 17.8. The number of rotatable bonds is 4. The van der Waals surface area contributed by atoms with E-state index in [1.807, 2.05) is 37.4 Å². The topological polar surface area (TPSA) is 43.6 Å². The van der Waals surface area contributed by atoms with Crippen molar-refractivity contribution in [3.8, 4) is 11.3 Å². The number of benzene rings is 2. The summed E-state index contributed by atoms with van der Waals surface area (Å²) in [5.41, 5.74) is 3.70. The quantitative estimate of drug-likeness (QED) is 0.650. The molecule has 2 aromatic carbocycles. The van der Waals surface area contributed by atoms with Crippen LogP contribution in [0.4, 0.5) is 5.69 Å². The summed E-state index contributed by atoms with van der Waals surface area (Å²) < 4.78 is 7.11. The van der Waals surface area contributed by atoms with E-state index in [1.165, 1.54) is 16.1 Å². The molecule has 0 fully saturated rings. The van der Waals surface area contributed by atoms with Crippen LogP contribution in [0.15, 0.2) is 59.6 Å². The number of aryl methyl sites for hydroxylation is 1. The number of esters is 1. The van der Waals surface area contributed by atoms with E-state index in [0.29, 0.717) is 12.2 Å². The number of carbonyl (C=O) groups is 1. The maximum Gasteiger partial charge on any atom is 0.338 e. The highest BCUT2D eigenvalue weighted by Gasteiger charge is 2.10. The van der Waals surface area contributed by atoms with Crippen molar-refractivity contribution >= 4 is 23.0 Å². The molecule has 0 radical (unpaired) electrons. The third kappa shape index (κ3) is 3.72. The maximum atomic E-state index is 11.7. The van der Waals surface area contributed by atoms with E-state index in [1.54, 1.807) is 30.4 Å². The third-order valence-electron chi connectivity index (χ3n) is 3.85. The maximum absolute atomic E-state index is 11.7. The van der Waals surface area contributed by atoms with Crippen LogP contribution in [-0.2, 0) is 11.8 Å². The molecule has 0 unspecified atom stereocenters. The lowest BCUT2D eigenvalue weighted by Crippen LogP contribution is -2.11. The molecule has 0 aliphatic rings. The second kappa shape index (κ2) is 7.49. The first kappa shape index (κ1) is 17.2. The minimum Gasteiger partial charge on any atom is -0.462 e. The predicted octanol–water partition coefficient (Wildman–Crippen LogP) is 4.47. The summed E-state index contributed by atoms with van der Waals surface area (Å²) in [5.74, 6) is -0.307. The standard InChI is InChI=1S/C20H20N2O2S/c1-4-24-19(23)16-10-12-17(13-11-16)21-20-22(3)18(14(2)25-20)15-8-6-5-7-9-15/h5-13H,4H2,1-3H3. The number of hydrogen-bond donors (Lipinski definition) is 0. The molecule has 3 aromatic rings. The largest absolute Gasteiger partial charge is 0.462 e. The minimum absolute atomic E-state index is 0.307. The average Bonchev–Trinajstić information content (AvgIpc) is 2.90. The van der Waals surface area contributed by atoms with Gasteiger partial charge in [0.1, 0.15) is 0 Å². The summed E-state index contributed by atoms with van der Waals surface area (Å²) in [6.45, 7) is 4.28. The molecule has 25 heavy (non-hydrogen) atoms. The van der Waals surface area contributed by atoms with Crippen LogP contribution >= 0.6 is 11.3 Å². The molecular formula is C20H20N2O2S. The first-order chi connectivity index (χ1) is 12.1. The van der Waals surface area contributed by atoms with Crippen LogP contribution in [0, 0.1) is 6.92 Å². The summed E-state index contributed by atoms with van der Waals surface area (Å²) >= 11 is 1.65. The van der Waals surface area contributed by atoms with Gasteiger partial charge in [-0.15, -0.1) is 11.3 Å². The van der Waals surface area contributed by atoms with Gasteiger partial charge >= 0.3 is 5.97 Å². The molecule has 0 saturated carbocycles. The van der Waals surface area contributed by atoms with Crippen LogP contribution in [0.1, 0.15) is 22.2 Å². The molecule has 0 aliphatic carbocycles. The second-order valence-electron chi connectivity index (χ2n) is 5.59. The van der Waals surface area contributed by atoms with Gasteiger partial charge in [0.15, 0.2) is 4.80 Å². The minimum atomic E-state index is -0.307. The van der Waals surface area contributed by atoms with Crippen LogP contribution in [0.3, 0.4) is 0 Å². The highest BCUT2D eigenvalue weighted by Crippen LogP contribution is 2.24. The Balaban J connectivity index is 1.96. The van der Waals surface area contributed by atoms with Gasteiger partial charge in [0.25, 0.3) is 0 Å². The van der Waals surface area contributed by atoms with Gasteiger partial charge in [0.05, 0.1) is 23.6 Å². The molecule has 1 aromatic heterocycles. The molecule has 0 saturated heterocycles. The van der Waals surface area contributed by atoms with E-state index >= 15 is 0 Å². The Labute approximate surface area is 151 Å². The lowest BCUT2D eigenvalue weighted by Gasteiger charge is -2.04. The number of hydrogen-bond acceptors (Lipinski definition) is 4. The molecule has 0 atom stereocenters. The molecule has 0 bridgehead atoms. The van der Waals surface area contributed by atoms with Crippen molar-refractivity contribution in [2.24, 2.45) is 12.0 Å². The van der Waals surface area contributed by atoms with Gasteiger partial charge in [-0.25, -0.2) is 9.79 Å². The van der Waals surface area contributed by atoms with Crippen molar-refractivity contribution in [1.82, 2.24) is 4.57 Å². The van der Waals surface area contributed by atoms with Gasteiger partial charge in [-0.3, -0.25) is 0 Å². The van der Waals surface area contributed by atoms with Gasteiger partial charge in [-0.1, -0.05) is 30.3 Å². The number of thiazole rings is 1. The Morgan fingerprint density at radius 1 is 1.12 bits per heavy atom. The summed E-state index contributed by atoms with van der Waals surface area (Å²) in [5, 5.41) is 0. The van der Waals surface area contributed by atoms with E-state index in [0.717, 1.165) is 10.5 Å². The molecule has 0 aliphatic heterocycles. The first-order valence-electron chi connectivity index (χ1n) is 8.14. The van der Waals surface area contributed by atoms with Crippen molar-refractivity contribution < 1.29 is 9.53 Å². The molecule has 4 nitrogen and oxygen atoms in total. The highest BCUT2D eigenvalue weighted by atomic mass is 32.1. The van der Waals surface area contributed by atoms with Crippen molar-refractivity contribution in [2.75, 3.05) is 6.61 Å². The van der Waals surface area contributed by atoms with E-state index in [2.05, 4.69) is 23.6 Å². The van der Waals surface area contributed by atoms with Gasteiger partial charge in [0, 0.05) is 11.9 Å². The molecule has 3 rings (SSSR count). The van der Waals surface area contributed by atoms with Gasteiger partial charge < -0.3 is 9.30 Å².